The van der Waals surface area contributed by atoms with Crippen molar-refractivity contribution in [1.29, 1.82) is 0 Å². The molecule has 1 aromatic heterocycles. The number of aryl methyl sites for hydroxylation is 1. The summed E-state index contributed by atoms with van der Waals surface area (Å²) in [6.07, 6.45) is 7.34. The third-order valence-electron chi connectivity index (χ3n) is 5.27. The van der Waals surface area contributed by atoms with Crippen LogP contribution in [0, 0.1) is 5.92 Å². The summed E-state index contributed by atoms with van der Waals surface area (Å²) in [5, 5.41) is 15.0. The van der Waals surface area contributed by atoms with Crippen LogP contribution in [0.15, 0.2) is 36.4 Å². The molecule has 138 valence electrons. The molecule has 0 bridgehead atoms. The summed E-state index contributed by atoms with van der Waals surface area (Å²) in [5.41, 5.74) is 3.26. The van der Waals surface area contributed by atoms with Crippen LogP contribution in [0.5, 0.6) is 5.75 Å². The number of hydrogen-bond acceptors (Lipinski definition) is 4. The molecule has 0 radical (unpaired) electrons. The van der Waals surface area contributed by atoms with E-state index in [0.29, 0.717) is 5.92 Å². The summed E-state index contributed by atoms with van der Waals surface area (Å²) in [6, 6.07) is 10.2. The third kappa shape index (κ3) is 4.00. The fraction of sp³-hybridized carbons (Fsp3) is 0.476. The van der Waals surface area contributed by atoms with E-state index in [-0.39, 0.29) is 6.10 Å². The standard InChI is InChI=1S/C21H27N3O2/c1-26-19-9-5-16(6-10-19)4-2-11-23-12-3-13-24-18(15-23)14-20(22-24)21(25)17-7-8-17/h2,4-6,9-10,14,17,21,25H,3,7-8,11-13,15H2,1H3/b4-2+/t21-/m0/s1. The number of ether oxygens (including phenoxy) is 1. The first kappa shape index (κ1) is 17.3. The van der Waals surface area contributed by atoms with Crippen LogP contribution in [0.3, 0.4) is 0 Å². The SMILES string of the molecule is COc1ccc(/C=C/CN2CCCn3nc([C@@H](O)C4CC4)cc3C2)cc1. The van der Waals surface area contributed by atoms with Crippen molar-refractivity contribution in [3.8, 4) is 5.75 Å². The predicted octanol–water partition coefficient (Wildman–Crippen LogP) is 3.25. The molecule has 0 spiro atoms. The van der Waals surface area contributed by atoms with Gasteiger partial charge in [-0.05, 0) is 48.9 Å². The molecule has 0 unspecified atom stereocenters. The lowest BCUT2D eigenvalue weighted by molar-refractivity contribution is 0.148. The van der Waals surface area contributed by atoms with E-state index < -0.39 is 0 Å². The van der Waals surface area contributed by atoms with Crippen molar-refractivity contribution in [2.75, 3.05) is 20.2 Å². The highest BCUT2D eigenvalue weighted by Gasteiger charge is 2.33. The fourth-order valence-corrected chi connectivity index (χ4v) is 3.56. The maximum Gasteiger partial charge on any atom is 0.118 e. The second kappa shape index (κ2) is 7.64. The molecule has 2 aliphatic rings. The van der Waals surface area contributed by atoms with Crippen LogP contribution in [0.25, 0.3) is 6.08 Å². The lowest BCUT2D eigenvalue weighted by atomic mass is 10.1. The third-order valence-corrected chi connectivity index (χ3v) is 5.27. The lowest BCUT2D eigenvalue weighted by Gasteiger charge is -2.17. The van der Waals surface area contributed by atoms with Gasteiger partial charge in [-0.2, -0.15) is 5.10 Å². The number of rotatable bonds is 6. The molecule has 5 nitrogen and oxygen atoms in total. The number of aromatic nitrogens is 2. The van der Waals surface area contributed by atoms with Crippen molar-refractivity contribution in [1.82, 2.24) is 14.7 Å². The minimum absolute atomic E-state index is 0.377. The van der Waals surface area contributed by atoms with Gasteiger partial charge in [-0.3, -0.25) is 9.58 Å². The van der Waals surface area contributed by atoms with Crippen LogP contribution < -0.4 is 4.74 Å². The highest BCUT2D eigenvalue weighted by atomic mass is 16.5. The second-order valence-electron chi connectivity index (χ2n) is 7.33. The summed E-state index contributed by atoms with van der Waals surface area (Å²) in [5.74, 6) is 1.31. The summed E-state index contributed by atoms with van der Waals surface area (Å²) in [6.45, 7) is 3.80. The summed E-state index contributed by atoms with van der Waals surface area (Å²) in [7, 11) is 1.68. The molecule has 1 saturated carbocycles. The second-order valence-corrected chi connectivity index (χ2v) is 7.33. The van der Waals surface area contributed by atoms with Crippen molar-refractivity contribution in [3.05, 3.63) is 53.4 Å². The summed E-state index contributed by atoms with van der Waals surface area (Å²) in [4.78, 5) is 2.44. The van der Waals surface area contributed by atoms with Crippen LogP contribution in [0.1, 0.15) is 42.3 Å². The van der Waals surface area contributed by atoms with Crippen molar-refractivity contribution >= 4 is 6.08 Å². The molecule has 1 aromatic carbocycles. The van der Waals surface area contributed by atoms with Gasteiger partial charge in [0.2, 0.25) is 0 Å². The minimum atomic E-state index is -0.377. The predicted molar refractivity (Wildman–Crippen MR) is 102 cm³/mol. The maximum atomic E-state index is 10.3. The topological polar surface area (TPSA) is 50.5 Å². The van der Waals surface area contributed by atoms with Gasteiger partial charge >= 0.3 is 0 Å². The molecule has 5 heteroatoms. The smallest absolute Gasteiger partial charge is 0.118 e. The number of fused-ring (bicyclic) bond motifs is 1. The Morgan fingerprint density at radius 2 is 2.08 bits per heavy atom. The van der Waals surface area contributed by atoms with Gasteiger partial charge in [0, 0.05) is 26.2 Å². The van der Waals surface area contributed by atoms with Crippen LogP contribution in [-0.2, 0) is 13.1 Å². The Bertz CT molecular complexity index is 762. The maximum absolute atomic E-state index is 10.3. The largest absolute Gasteiger partial charge is 0.497 e. The van der Waals surface area contributed by atoms with Crippen molar-refractivity contribution in [2.24, 2.45) is 5.92 Å². The lowest BCUT2D eigenvalue weighted by Crippen LogP contribution is -2.23. The van der Waals surface area contributed by atoms with E-state index in [1.165, 1.54) is 11.3 Å². The van der Waals surface area contributed by atoms with E-state index in [2.05, 4.69) is 45.0 Å². The van der Waals surface area contributed by atoms with Crippen LogP contribution in [0.4, 0.5) is 0 Å². The number of benzene rings is 1. The zero-order valence-electron chi connectivity index (χ0n) is 15.3. The Balaban J connectivity index is 1.37. The van der Waals surface area contributed by atoms with Gasteiger partial charge in [0.05, 0.1) is 18.5 Å². The molecule has 26 heavy (non-hydrogen) atoms. The van der Waals surface area contributed by atoms with Crippen LogP contribution >= 0.6 is 0 Å². The summed E-state index contributed by atoms with van der Waals surface area (Å²) >= 11 is 0. The van der Waals surface area contributed by atoms with Crippen LogP contribution in [-0.4, -0.2) is 40.0 Å². The van der Waals surface area contributed by atoms with Gasteiger partial charge < -0.3 is 9.84 Å². The van der Waals surface area contributed by atoms with E-state index in [0.717, 1.165) is 56.9 Å². The quantitative estimate of drug-likeness (QED) is 0.866. The van der Waals surface area contributed by atoms with Crippen molar-refractivity contribution in [3.63, 3.8) is 0 Å². The molecule has 4 rings (SSSR count). The highest BCUT2D eigenvalue weighted by molar-refractivity contribution is 5.50. The molecule has 2 aromatic rings. The van der Waals surface area contributed by atoms with E-state index >= 15 is 0 Å². The van der Waals surface area contributed by atoms with Crippen molar-refractivity contribution < 1.29 is 9.84 Å². The molecule has 0 saturated heterocycles. The Morgan fingerprint density at radius 1 is 1.27 bits per heavy atom. The Labute approximate surface area is 154 Å². The van der Waals surface area contributed by atoms with Gasteiger partial charge in [0.25, 0.3) is 0 Å². The summed E-state index contributed by atoms with van der Waals surface area (Å²) < 4.78 is 7.29. The number of nitrogens with zero attached hydrogens (tertiary/aromatic N) is 3. The van der Waals surface area contributed by atoms with Gasteiger partial charge in [0.1, 0.15) is 11.9 Å². The fourth-order valence-electron chi connectivity index (χ4n) is 3.56. The first-order valence-corrected chi connectivity index (χ1v) is 9.50. The van der Waals surface area contributed by atoms with Gasteiger partial charge in [0.15, 0.2) is 0 Å². The van der Waals surface area contributed by atoms with Gasteiger partial charge in [-0.15, -0.1) is 0 Å². The Morgan fingerprint density at radius 3 is 2.81 bits per heavy atom. The molecule has 1 N–H and O–H groups in total. The normalized spacial score (nSPS) is 19.3. The molecule has 2 heterocycles. The van der Waals surface area contributed by atoms with E-state index in [4.69, 9.17) is 4.74 Å². The first-order chi connectivity index (χ1) is 12.7. The number of aliphatic hydroxyl groups excluding tert-OH is 1. The molecule has 1 atom stereocenters. The number of methoxy groups -OCH3 is 1. The highest BCUT2D eigenvalue weighted by Crippen LogP contribution is 2.40. The minimum Gasteiger partial charge on any atom is -0.497 e. The van der Waals surface area contributed by atoms with Crippen molar-refractivity contribution in [2.45, 2.75) is 38.5 Å². The zero-order chi connectivity index (χ0) is 17.9. The van der Waals surface area contributed by atoms with E-state index in [1.54, 1.807) is 7.11 Å². The van der Waals surface area contributed by atoms with E-state index in [9.17, 15) is 5.11 Å². The molecule has 1 fully saturated rings. The van der Waals surface area contributed by atoms with Gasteiger partial charge in [-0.25, -0.2) is 0 Å². The molecule has 1 aliphatic heterocycles. The molecule has 1 aliphatic carbocycles. The monoisotopic (exact) mass is 353 g/mol. The molecular formula is C21H27N3O2. The number of aliphatic hydroxyl groups is 1. The molecule has 0 amide bonds. The Hall–Kier alpha value is -2.11. The Kier molecular flexibility index (Phi) is 5.09. The first-order valence-electron chi connectivity index (χ1n) is 9.50. The van der Waals surface area contributed by atoms with E-state index in [1.807, 2.05) is 12.1 Å². The average Bonchev–Trinajstić information content (AvgIpc) is 3.46. The molecular weight excluding hydrogens is 326 g/mol. The van der Waals surface area contributed by atoms with Crippen LogP contribution in [0.2, 0.25) is 0 Å². The number of hydrogen-bond donors (Lipinski definition) is 1. The average molecular weight is 353 g/mol. The zero-order valence-corrected chi connectivity index (χ0v) is 15.3. The van der Waals surface area contributed by atoms with Gasteiger partial charge in [-0.1, -0.05) is 24.3 Å².